The number of benzene rings is 1. The van der Waals surface area contributed by atoms with Gasteiger partial charge in [-0.15, -0.1) is 0 Å². The minimum atomic E-state index is -0.697. The van der Waals surface area contributed by atoms with Gasteiger partial charge in [-0.25, -0.2) is 13.8 Å². The molecule has 0 amide bonds. The minimum Gasteiger partial charge on any atom is -0.350 e. The van der Waals surface area contributed by atoms with Gasteiger partial charge in [0.15, 0.2) is 0 Å². The van der Waals surface area contributed by atoms with Crippen LogP contribution in [0.3, 0.4) is 0 Å². The summed E-state index contributed by atoms with van der Waals surface area (Å²) in [7, 11) is 0. The van der Waals surface area contributed by atoms with Gasteiger partial charge in [0.2, 0.25) is 5.95 Å². The maximum absolute atomic E-state index is 14.0. The van der Waals surface area contributed by atoms with E-state index >= 15 is 0 Å². The fraction of sp³-hybridized carbons (Fsp3) is 0.211. The molecule has 0 aliphatic carbocycles. The van der Waals surface area contributed by atoms with Crippen molar-refractivity contribution >= 4 is 17.5 Å². The molecule has 3 aromatic rings. The molecule has 0 bridgehead atoms. The lowest BCUT2D eigenvalue weighted by Gasteiger charge is -2.21. The normalized spacial score (nSPS) is 11.3. The van der Waals surface area contributed by atoms with Crippen molar-refractivity contribution in [3.05, 3.63) is 60.4 Å². The van der Waals surface area contributed by atoms with Crippen molar-refractivity contribution < 1.29 is 8.78 Å². The van der Waals surface area contributed by atoms with E-state index in [0.717, 1.165) is 11.6 Å². The Morgan fingerprint density at radius 3 is 2.46 bits per heavy atom. The van der Waals surface area contributed by atoms with Crippen LogP contribution in [0.25, 0.3) is 11.3 Å². The van der Waals surface area contributed by atoms with E-state index in [2.05, 4.69) is 25.6 Å². The van der Waals surface area contributed by atoms with E-state index in [0.29, 0.717) is 17.5 Å². The molecule has 0 atom stereocenters. The largest absolute Gasteiger partial charge is 0.350 e. The second-order valence-corrected chi connectivity index (χ2v) is 6.83. The van der Waals surface area contributed by atoms with Crippen molar-refractivity contribution in [1.82, 2.24) is 15.0 Å². The van der Waals surface area contributed by atoms with Gasteiger partial charge in [0.05, 0.1) is 11.4 Å². The van der Waals surface area contributed by atoms with Crippen molar-refractivity contribution in [2.45, 2.75) is 26.3 Å². The van der Waals surface area contributed by atoms with Crippen LogP contribution in [0.1, 0.15) is 20.8 Å². The number of nitrogens with one attached hydrogen (secondary N) is 2. The van der Waals surface area contributed by atoms with Gasteiger partial charge >= 0.3 is 0 Å². The molecule has 2 aromatic heterocycles. The van der Waals surface area contributed by atoms with E-state index in [1.165, 1.54) is 12.1 Å². The van der Waals surface area contributed by atoms with E-state index < -0.39 is 11.6 Å². The number of anilines is 3. The minimum absolute atomic E-state index is 0.129. The second kappa shape index (κ2) is 7.03. The molecule has 26 heavy (non-hydrogen) atoms. The average molecular weight is 355 g/mol. The predicted octanol–water partition coefficient (Wildman–Crippen LogP) is 4.77. The lowest BCUT2D eigenvalue weighted by molar-refractivity contribution is 0.586. The molecule has 2 heterocycles. The lowest BCUT2D eigenvalue weighted by Crippen LogP contribution is -2.27. The molecule has 0 saturated heterocycles. The third-order valence-corrected chi connectivity index (χ3v) is 3.36. The van der Waals surface area contributed by atoms with Crippen LogP contribution < -0.4 is 10.6 Å². The van der Waals surface area contributed by atoms with Crippen molar-refractivity contribution in [1.29, 1.82) is 0 Å². The molecule has 5 nitrogen and oxygen atoms in total. The fourth-order valence-electron chi connectivity index (χ4n) is 2.29. The zero-order chi connectivity index (χ0) is 18.7. The molecule has 2 N–H and O–H groups in total. The molecule has 0 aliphatic rings. The Kier molecular flexibility index (Phi) is 4.79. The monoisotopic (exact) mass is 355 g/mol. The van der Waals surface area contributed by atoms with Crippen LogP contribution in [-0.4, -0.2) is 20.5 Å². The van der Waals surface area contributed by atoms with Crippen LogP contribution in [0.2, 0.25) is 0 Å². The molecular formula is C19H19F2N5. The summed E-state index contributed by atoms with van der Waals surface area (Å²) in [6.07, 6.45) is 3.36. The third kappa shape index (κ3) is 4.50. The van der Waals surface area contributed by atoms with Gasteiger partial charge in [0, 0.05) is 35.6 Å². The number of aromatic nitrogens is 3. The van der Waals surface area contributed by atoms with E-state index in [4.69, 9.17) is 0 Å². The lowest BCUT2D eigenvalue weighted by atomic mass is 10.1. The van der Waals surface area contributed by atoms with E-state index in [1.54, 1.807) is 24.5 Å². The zero-order valence-corrected chi connectivity index (χ0v) is 14.7. The maximum Gasteiger partial charge on any atom is 0.225 e. The van der Waals surface area contributed by atoms with Crippen molar-refractivity contribution in [3.63, 3.8) is 0 Å². The Morgan fingerprint density at radius 1 is 1.00 bits per heavy atom. The Labute approximate surface area is 150 Å². The van der Waals surface area contributed by atoms with Crippen LogP contribution in [0.15, 0.2) is 48.8 Å². The number of nitrogens with zero attached hydrogens (tertiary/aromatic N) is 3. The SMILES string of the molecule is CC(C)(C)Nc1nc(Nc2ccc(F)cc2F)cc(-c2cccnc2)n1. The molecule has 0 unspecified atom stereocenters. The summed E-state index contributed by atoms with van der Waals surface area (Å²) in [5.74, 6) is -0.557. The van der Waals surface area contributed by atoms with Gasteiger partial charge in [-0.05, 0) is 45.0 Å². The molecular weight excluding hydrogens is 336 g/mol. The molecule has 0 aliphatic heterocycles. The van der Waals surface area contributed by atoms with E-state index in [9.17, 15) is 8.78 Å². The molecule has 0 spiro atoms. The third-order valence-electron chi connectivity index (χ3n) is 3.36. The first-order valence-corrected chi connectivity index (χ1v) is 8.10. The van der Waals surface area contributed by atoms with Crippen LogP contribution >= 0.6 is 0 Å². The van der Waals surface area contributed by atoms with Gasteiger partial charge in [0.25, 0.3) is 0 Å². The zero-order valence-electron chi connectivity index (χ0n) is 14.7. The average Bonchev–Trinajstić information content (AvgIpc) is 2.56. The molecule has 0 saturated carbocycles. The van der Waals surface area contributed by atoms with Crippen LogP contribution in [0, 0.1) is 11.6 Å². The Morgan fingerprint density at radius 2 is 1.81 bits per heavy atom. The standard InChI is InChI=1S/C19H19F2N5/c1-19(2,3)26-18-24-16(12-5-4-8-22-11-12)10-17(25-18)23-15-7-6-13(20)9-14(15)21/h4-11H,1-3H3,(H2,23,24,25,26). The number of pyridine rings is 1. The number of hydrogen-bond acceptors (Lipinski definition) is 5. The molecule has 7 heteroatoms. The maximum atomic E-state index is 14.0. The van der Waals surface area contributed by atoms with Gasteiger partial charge < -0.3 is 10.6 Å². The first-order valence-electron chi connectivity index (χ1n) is 8.10. The molecule has 0 radical (unpaired) electrons. The smallest absolute Gasteiger partial charge is 0.225 e. The van der Waals surface area contributed by atoms with Crippen molar-refractivity contribution in [3.8, 4) is 11.3 Å². The van der Waals surface area contributed by atoms with Gasteiger partial charge in [-0.1, -0.05) is 0 Å². The van der Waals surface area contributed by atoms with Crippen LogP contribution in [-0.2, 0) is 0 Å². The fourth-order valence-corrected chi connectivity index (χ4v) is 2.29. The molecule has 3 rings (SSSR count). The number of rotatable bonds is 4. The summed E-state index contributed by atoms with van der Waals surface area (Å²) >= 11 is 0. The summed E-state index contributed by atoms with van der Waals surface area (Å²) in [6.45, 7) is 5.96. The van der Waals surface area contributed by atoms with Crippen LogP contribution in [0.5, 0.6) is 0 Å². The highest BCUT2D eigenvalue weighted by molar-refractivity contribution is 5.67. The van der Waals surface area contributed by atoms with E-state index in [-0.39, 0.29) is 11.2 Å². The summed E-state index contributed by atoms with van der Waals surface area (Å²) < 4.78 is 27.1. The Hall–Kier alpha value is -3.09. The Balaban J connectivity index is 2.01. The quantitative estimate of drug-likeness (QED) is 0.706. The first kappa shape index (κ1) is 17.7. The van der Waals surface area contributed by atoms with Gasteiger partial charge in [-0.3, -0.25) is 4.98 Å². The highest BCUT2D eigenvalue weighted by atomic mass is 19.1. The van der Waals surface area contributed by atoms with Crippen molar-refractivity contribution in [2.75, 3.05) is 10.6 Å². The van der Waals surface area contributed by atoms with Gasteiger partial charge in [-0.2, -0.15) is 4.98 Å². The van der Waals surface area contributed by atoms with E-state index in [1.807, 2.05) is 26.8 Å². The molecule has 0 fully saturated rings. The summed E-state index contributed by atoms with van der Waals surface area (Å²) in [6, 6.07) is 8.70. The highest BCUT2D eigenvalue weighted by Gasteiger charge is 2.15. The summed E-state index contributed by atoms with van der Waals surface area (Å²) in [4.78, 5) is 13.0. The van der Waals surface area contributed by atoms with Gasteiger partial charge in [0.1, 0.15) is 17.5 Å². The highest BCUT2D eigenvalue weighted by Crippen LogP contribution is 2.25. The predicted molar refractivity (Wildman–Crippen MR) is 98.3 cm³/mol. The number of halogens is 2. The summed E-state index contributed by atoms with van der Waals surface area (Å²) in [5.41, 5.74) is 1.30. The van der Waals surface area contributed by atoms with Crippen molar-refractivity contribution in [2.24, 2.45) is 0 Å². The molecule has 1 aromatic carbocycles. The second-order valence-electron chi connectivity index (χ2n) is 6.83. The van der Waals surface area contributed by atoms with Crippen LogP contribution in [0.4, 0.5) is 26.2 Å². The first-order chi connectivity index (χ1) is 12.3. The number of hydrogen-bond donors (Lipinski definition) is 2. The molecule has 134 valence electrons. The topological polar surface area (TPSA) is 62.7 Å². The summed E-state index contributed by atoms with van der Waals surface area (Å²) in [5, 5.41) is 6.09. The Bertz CT molecular complexity index is 908.